The molecule has 1 unspecified atom stereocenters. The van der Waals surface area contributed by atoms with Crippen LogP contribution in [0.15, 0.2) is 54.7 Å². The number of nitrogens with one attached hydrogen (secondary N) is 1. The first kappa shape index (κ1) is 24.4. The van der Waals surface area contributed by atoms with E-state index in [0.29, 0.717) is 6.54 Å². The third-order valence-corrected chi connectivity index (χ3v) is 6.92. The third kappa shape index (κ3) is 5.68. The zero-order valence-corrected chi connectivity index (χ0v) is 20.4. The van der Waals surface area contributed by atoms with Crippen LogP contribution in [-0.2, 0) is 20.9 Å². The summed E-state index contributed by atoms with van der Waals surface area (Å²) in [6, 6.07) is 15.0. The number of aromatic nitrogens is 1. The van der Waals surface area contributed by atoms with Gasteiger partial charge in [0.1, 0.15) is 12.6 Å². The number of aryl methyl sites for hydroxylation is 1. The topological polar surface area (TPSA) is 109 Å². The maximum absolute atomic E-state index is 13.0. The van der Waals surface area contributed by atoms with Crippen LogP contribution in [0.1, 0.15) is 39.8 Å². The quantitative estimate of drug-likeness (QED) is 0.463. The van der Waals surface area contributed by atoms with Crippen LogP contribution in [0.5, 0.6) is 0 Å². The third-order valence-electron chi connectivity index (χ3n) is 6.02. The van der Waals surface area contributed by atoms with Gasteiger partial charge in [-0.3, -0.25) is 9.59 Å². The Balaban J connectivity index is 1.41. The van der Waals surface area contributed by atoms with Gasteiger partial charge in [-0.1, -0.05) is 48.5 Å². The minimum Gasteiger partial charge on any atom is -0.481 e. The van der Waals surface area contributed by atoms with Crippen LogP contribution in [0.4, 0.5) is 4.79 Å². The number of benzene rings is 2. The van der Waals surface area contributed by atoms with E-state index in [1.807, 2.05) is 43.3 Å². The zero-order chi connectivity index (χ0) is 24.9. The fourth-order valence-electron chi connectivity index (χ4n) is 4.36. The second-order valence-corrected chi connectivity index (χ2v) is 9.81. The first-order chi connectivity index (χ1) is 16.8. The molecule has 0 bridgehead atoms. The number of likely N-dealkylation sites (N-methyl/N-ethyl adjacent to an activating group) is 1. The van der Waals surface area contributed by atoms with Gasteiger partial charge in [0, 0.05) is 30.5 Å². The molecule has 2 amide bonds. The van der Waals surface area contributed by atoms with Crippen molar-refractivity contribution in [2.24, 2.45) is 0 Å². The van der Waals surface area contributed by atoms with Gasteiger partial charge in [0.25, 0.3) is 0 Å². The Hall–Kier alpha value is -3.72. The molecular weight excluding hydrogens is 466 g/mol. The average molecular weight is 494 g/mol. The maximum atomic E-state index is 13.0. The van der Waals surface area contributed by atoms with Gasteiger partial charge in [0.15, 0.2) is 0 Å². The molecule has 9 heteroatoms. The Morgan fingerprint density at radius 2 is 1.74 bits per heavy atom. The van der Waals surface area contributed by atoms with Crippen molar-refractivity contribution in [1.82, 2.24) is 15.2 Å². The highest BCUT2D eigenvalue weighted by molar-refractivity contribution is 7.11. The predicted molar refractivity (Wildman–Crippen MR) is 132 cm³/mol. The second-order valence-electron chi connectivity index (χ2n) is 8.49. The largest absolute Gasteiger partial charge is 0.481 e. The van der Waals surface area contributed by atoms with Crippen molar-refractivity contribution in [1.29, 1.82) is 0 Å². The Bertz CT molecular complexity index is 1200. The van der Waals surface area contributed by atoms with E-state index in [1.54, 1.807) is 13.2 Å². The number of carboxylic acids is 1. The second kappa shape index (κ2) is 10.7. The van der Waals surface area contributed by atoms with Crippen molar-refractivity contribution >= 4 is 29.3 Å². The highest BCUT2D eigenvalue weighted by Gasteiger charge is 2.30. The van der Waals surface area contributed by atoms with Crippen molar-refractivity contribution in [3.8, 4) is 11.1 Å². The molecule has 8 nitrogen and oxygen atoms in total. The van der Waals surface area contributed by atoms with Crippen LogP contribution in [-0.4, -0.2) is 52.7 Å². The molecule has 1 aromatic heterocycles. The molecule has 0 aliphatic heterocycles. The number of fused-ring (bicyclic) bond motifs is 3. The van der Waals surface area contributed by atoms with Gasteiger partial charge >= 0.3 is 12.1 Å². The summed E-state index contributed by atoms with van der Waals surface area (Å²) >= 11 is 1.48. The number of nitrogens with zero attached hydrogens (tertiary/aromatic N) is 2. The van der Waals surface area contributed by atoms with Gasteiger partial charge in [0.05, 0.1) is 11.6 Å². The fraction of sp³-hybridized carbons (Fsp3) is 0.308. The summed E-state index contributed by atoms with van der Waals surface area (Å²) in [4.78, 5) is 43.4. The number of aliphatic carboxylic acids is 1. The van der Waals surface area contributed by atoms with Gasteiger partial charge in [-0.25, -0.2) is 9.78 Å². The monoisotopic (exact) mass is 493 g/mol. The van der Waals surface area contributed by atoms with Crippen molar-refractivity contribution in [3.63, 3.8) is 0 Å². The molecule has 0 spiro atoms. The minimum absolute atomic E-state index is 0.0373. The number of amides is 2. The van der Waals surface area contributed by atoms with E-state index in [9.17, 15) is 14.4 Å². The van der Waals surface area contributed by atoms with Gasteiger partial charge in [0.2, 0.25) is 5.91 Å². The molecule has 0 saturated heterocycles. The summed E-state index contributed by atoms with van der Waals surface area (Å²) in [6.07, 6.45) is 0.658. The van der Waals surface area contributed by atoms with E-state index in [2.05, 4.69) is 22.4 Å². The lowest BCUT2D eigenvalue weighted by atomic mass is 9.98. The lowest BCUT2D eigenvalue weighted by Crippen LogP contribution is -2.47. The molecule has 1 heterocycles. The molecule has 0 radical (unpaired) electrons. The number of alkyl carbamates (subject to hydrolysis) is 1. The van der Waals surface area contributed by atoms with Crippen LogP contribution in [0.2, 0.25) is 0 Å². The summed E-state index contributed by atoms with van der Waals surface area (Å²) in [5.41, 5.74) is 4.40. The number of hydrogen-bond donors (Lipinski definition) is 2. The molecule has 4 rings (SSSR count). The van der Waals surface area contributed by atoms with Gasteiger partial charge < -0.3 is 20.1 Å². The Kier molecular flexibility index (Phi) is 7.45. The smallest absolute Gasteiger partial charge is 0.407 e. The number of carboxylic acid groups (broad SMARTS) is 1. The SMILES string of the molecule is Cc1ncc(CN(C)C(=O)C(CCC(=O)O)NC(=O)OCC2c3ccccc3-c3ccccc32)s1. The molecular formula is C26H27N3O5S. The van der Waals surface area contributed by atoms with Crippen LogP contribution in [0.3, 0.4) is 0 Å². The van der Waals surface area contributed by atoms with E-state index in [4.69, 9.17) is 9.84 Å². The number of carbonyl (C=O) groups excluding carboxylic acids is 2. The van der Waals surface area contributed by atoms with Crippen molar-refractivity contribution in [2.75, 3.05) is 13.7 Å². The highest BCUT2D eigenvalue weighted by atomic mass is 32.1. The summed E-state index contributed by atoms with van der Waals surface area (Å²) in [5.74, 6) is -1.54. The van der Waals surface area contributed by atoms with Gasteiger partial charge in [-0.05, 0) is 35.6 Å². The summed E-state index contributed by atoms with van der Waals surface area (Å²) < 4.78 is 5.55. The molecule has 2 aromatic carbocycles. The van der Waals surface area contributed by atoms with Crippen LogP contribution >= 0.6 is 11.3 Å². The van der Waals surface area contributed by atoms with Gasteiger partial charge in [-0.2, -0.15) is 0 Å². The molecule has 1 atom stereocenters. The Morgan fingerprint density at radius 3 is 2.31 bits per heavy atom. The summed E-state index contributed by atoms with van der Waals surface area (Å²) in [6.45, 7) is 2.31. The number of carbonyl (C=O) groups is 3. The standard InChI is InChI=1S/C26H27N3O5S/c1-16-27-13-17(35-16)14-29(2)25(32)23(11-12-24(30)31)28-26(33)34-15-22-20-9-5-3-7-18(20)19-8-4-6-10-21(19)22/h3-10,13,22-23H,11-12,14-15H2,1-2H3,(H,28,33)(H,30,31). The Labute approximate surface area is 207 Å². The Morgan fingerprint density at radius 1 is 1.11 bits per heavy atom. The number of hydrogen-bond acceptors (Lipinski definition) is 6. The molecule has 2 N–H and O–H groups in total. The lowest BCUT2D eigenvalue weighted by Gasteiger charge is -2.24. The van der Waals surface area contributed by atoms with Crippen LogP contribution in [0.25, 0.3) is 11.1 Å². The maximum Gasteiger partial charge on any atom is 0.407 e. The molecule has 0 saturated carbocycles. The lowest BCUT2D eigenvalue weighted by molar-refractivity contribution is -0.137. The number of thiazole rings is 1. The van der Waals surface area contributed by atoms with E-state index >= 15 is 0 Å². The molecule has 1 aliphatic rings. The van der Waals surface area contributed by atoms with E-state index in [-0.39, 0.29) is 31.3 Å². The van der Waals surface area contributed by atoms with E-state index in [1.165, 1.54) is 16.2 Å². The van der Waals surface area contributed by atoms with Crippen LogP contribution in [0, 0.1) is 6.92 Å². The zero-order valence-electron chi connectivity index (χ0n) is 19.6. The van der Waals surface area contributed by atoms with Crippen molar-refractivity contribution in [3.05, 3.63) is 75.7 Å². The molecule has 3 aromatic rings. The van der Waals surface area contributed by atoms with Crippen molar-refractivity contribution < 1.29 is 24.2 Å². The van der Waals surface area contributed by atoms with E-state index in [0.717, 1.165) is 32.1 Å². The van der Waals surface area contributed by atoms with Gasteiger partial charge in [-0.15, -0.1) is 11.3 Å². The summed E-state index contributed by atoms with van der Waals surface area (Å²) in [5, 5.41) is 12.6. The fourth-order valence-corrected chi connectivity index (χ4v) is 5.21. The van der Waals surface area contributed by atoms with E-state index < -0.39 is 18.1 Å². The minimum atomic E-state index is -1.04. The number of ether oxygens (including phenoxy) is 1. The summed E-state index contributed by atoms with van der Waals surface area (Å²) in [7, 11) is 1.62. The average Bonchev–Trinajstić information content (AvgIpc) is 3.40. The molecule has 0 fully saturated rings. The normalized spacial score (nSPS) is 13.0. The molecule has 1 aliphatic carbocycles. The molecule has 35 heavy (non-hydrogen) atoms. The first-order valence-corrected chi connectivity index (χ1v) is 12.1. The molecule has 182 valence electrons. The van der Waals surface area contributed by atoms with Crippen molar-refractivity contribution in [2.45, 2.75) is 38.3 Å². The number of rotatable bonds is 9. The highest BCUT2D eigenvalue weighted by Crippen LogP contribution is 2.44. The first-order valence-electron chi connectivity index (χ1n) is 11.3. The predicted octanol–water partition coefficient (Wildman–Crippen LogP) is 4.18. The van der Waals surface area contributed by atoms with Crippen LogP contribution < -0.4 is 5.32 Å².